The van der Waals surface area contributed by atoms with E-state index >= 15 is 0 Å². The van der Waals surface area contributed by atoms with Gasteiger partial charge in [-0.3, -0.25) is 0 Å². The number of hydrogen-bond donors (Lipinski definition) is 0. The minimum absolute atomic E-state index is 0. The summed E-state index contributed by atoms with van der Waals surface area (Å²) in [5.74, 6) is 0. The Bertz CT molecular complexity index is 314. The maximum absolute atomic E-state index is 3.36. The van der Waals surface area contributed by atoms with Crippen molar-refractivity contribution in [3.63, 3.8) is 0 Å². The maximum atomic E-state index is 3.36. The van der Waals surface area contributed by atoms with E-state index in [9.17, 15) is 0 Å². The van der Waals surface area contributed by atoms with Crippen molar-refractivity contribution in [2.75, 3.05) is 0 Å². The van der Waals surface area contributed by atoms with Gasteiger partial charge in [-0.15, -0.1) is 17.7 Å². The van der Waals surface area contributed by atoms with E-state index in [-0.39, 0.29) is 21.7 Å². The molecule has 13 heavy (non-hydrogen) atoms. The van der Waals surface area contributed by atoms with Gasteiger partial charge in [0.2, 0.25) is 0 Å². The summed E-state index contributed by atoms with van der Waals surface area (Å²) in [7, 11) is 0. The van der Waals surface area contributed by atoms with Gasteiger partial charge in [0.05, 0.1) is 0 Å². The second-order valence-corrected chi connectivity index (χ2v) is 2.91. The van der Waals surface area contributed by atoms with Crippen molar-refractivity contribution in [3.8, 4) is 0 Å². The molecule has 64 valence electrons. The molecule has 0 fully saturated rings. The van der Waals surface area contributed by atoms with E-state index in [0.717, 1.165) is 12.8 Å². The molecule has 0 aromatic rings. The standard InChI is InChI=1S/C12H11.Ti/c1-2-4-8-11(7-3-1)12-9-5-6-10-12;/h1-3,5-7,9H,4,10H2;/q-1;. The Morgan fingerprint density at radius 2 is 2.00 bits per heavy atom. The minimum atomic E-state index is 0. The van der Waals surface area contributed by atoms with Crippen LogP contribution < -0.4 is 0 Å². The molecule has 2 aliphatic rings. The van der Waals surface area contributed by atoms with Gasteiger partial charge in [-0.05, 0) is 0 Å². The summed E-state index contributed by atoms with van der Waals surface area (Å²) in [6.07, 6.45) is 20.2. The van der Waals surface area contributed by atoms with E-state index < -0.39 is 0 Å². The fraction of sp³-hybridized carbons (Fsp3) is 0.167. The smallest absolute Gasteiger partial charge is 0 e. The van der Waals surface area contributed by atoms with Gasteiger partial charge in [0.1, 0.15) is 0 Å². The molecule has 0 aliphatic heterocycles. The summed E-state index contributed by atoms with van der Waals surface area (Å²) in [5.41, 5.74) is 2.64. The second kappa shape index (κ2) is 5.21. The van der Waals surface area contributed by atoms with Crippen molar-refractivity contribution in [2.24, 2.45) is 0 Å². The number of rotatable bonds is 1. The van der Waals surface area contributed by atoms with Crippen LogP contribution in [0, 0.1) is 6.08 Å². The molecule has 0 unspecified atom stereocenters. The summed E-state index contributed by atoms with van der Waals surface area (Å²) >= 11 is 0. The van der Waals surface area contributed by atoms with Crippen LogP contribution in [0.5, 0.6) is 0 Å². The van der Waals surface area contributed by atoms with Crippen molar-refractivity contribution in [1.29, 1.82) is 0 Å². The maximum Gasteiger partial charge on any atom is 0 e. The SMILES string of the molecule is [C-]1=C(C2=CC=CC2)C=CC=CC1.[Ti]. The first kappa shape index (κ1) is 10.5. The molecule has 2 rings (SSSR count). The zero-order valence-electron chi connectivity index (χ0n) is 7.46. The van der Waals surface area contributed by atoms with E-state index in [1.54, 1.807) is 0 Å². The molecule has 0 radical (unpaired) electrons. The average molecular weight is 203 g/mol. The van der Waals surface area contributed by atoms with Crippen LogP contribution in [0.2, 0.25) is 0 Å². The number of hydrogen-bond acceptors (Lipinski definition) is 0. The van der Waals surface area contributed by atoms with Gasteiger partial charge in [0.25, 0.3) is 0 Å². The van der Waals surface area contributed by atoms with Gasteiger partial charge in [-0.25, -0.2) is 0 Å². The molecule has 0 amide bonds. The molecule has 0 atom stereocenters. The van der Waals surface area contributed by atoms with Gasteiger partial charge < -0.3 is 0 Å². The summed E-state index contributed by atoms with van der Waals surface area (Å²) in [4.78, 5) is 0. The van der Waals surface area contributed by atoms with Crippen molar-refractivity contribution >= 4 is 0 Å². The molecule has 0 aromatic heterocycles. The quantitative estimate of drug-likeness (QED) is 0.453. The first-order valence-corrected chi connectivity index (χ1v) is 4.27. The van der Waals surface area contributed by atoms with Crippen LogP contribution in [-0.2, 0) is 21.7 Å². The van der Waals surface area contributed by atoms with Crippen LogP contribution in [0.25, 0.3) is 0 Å². The third kappa shape index (κ3) is 2.68. The predicted molar refractivity (Wildman–Crippen MR) is 51.5 cm³/mol. The Morgan fingerprint density at radius 3 is 2.77 bits per heavy atom. The molecule has 0 saturated heterocycles. The van der Waals surface area contributed by atoms with E-state index in [2.05, 4.69) is 48.6 Å². The Hall–Kier alpha value is -0.586. The summed E-state index contributed by atoms with van der Waals surface area (Å²) in [5, 5.41) is 0. The van der Waals surface area contributed by atoms with Crippen LogP contribution in [0.15, 0.2) is 53.7 Å². The van der Waals surface area contributed by atoms with Gasteiger partial charge in [-0.1, -0.05) is 37.1 Å². The van der Waals surface area contributed by atoms with Crippen LogP contribution in [-0.4, -0.2) is 0 Å². The molecule has 0 aromatic carbocycles. The van der Waals surface area contributed by atoms with E-state index in [0.29, 0.717) is 0 Å². The Balaban J connectivity index is 0.000000845. The van der Waals surface area contributed by atoms with Crippen LogP contribution in [0.1, 0.15) is 12.8 Å². The number of allylic oxidation sites excluding steroid dienone is 10. The second-order valence-electron chi connectivity index (χ2n) is 2.91. The van der Waals surface area contributed by atoms with Gasteiger partial charge in [0.15, 0.2) is 0 Å². The molecular weight excluding hydrogens is 192 g/mol. The third-order valence-corrected chi connectivity index (χ3v) is 2.04. The average Bonchev–Trinajstić information content (AvgIpc) is 2.48. The predicted octanol–water partition coefficient (Wildman–Crippen LogP) is 3.12. The van der Waals surface area contributed by atoms with Crippen LogP contribution >= 0.6 is 0 Å². The van der Waals surface area contributed by atoms with Crippen LogP contribution in [0.3, 0.4) is 0 Å². The molecule has 1 heteroatoms. The molecule has 0 spiro atoms. The topological polar surface area (TPSA) is 0 Å². The normalized spacial score (nSPS) is 19.1. The molecule has 2 aliphatic carbocycles. The van der Waals surface area contributed by atoms with Gasteiger partial charge in [0, 0.05) is 21.7 Å². The molecule has 0 nitrogen and oxygen atoms in total. The summed E-state index contributed by atoms with van der Waals surface area (Å²) in [6.45, 7) is 0. The zero-order valence-corrected chi connectivity index (χ0v) is 9.02. The zero-order chi connectivity index (χ0) is 8.23. The van der Waals surface area contributed by atoms with Crippen molar-refractivity contribution < 1.29 is 21.7 Å². The van der Waals surface area contributed by atoms with Crippen LogP contribution in [0.4, 0.5) is 0 Å². The van der Waals surface area contributed by atoms with Gasteiger partial charge in [-0.2, -0.15) is 17.7 Å². The summed E-state index contributed by atoms with van der Waals surface area (Å²) < 4.78 is 0. The van der Waals surface area contributed by atoms with Crippen molar-refractivity contribution in [1.82, 2.24) is 0 Å². The fourth-order valence-electron chi connectivity index (χ4n) is 1.39. The Morgan fingerprint density at radius 1 is 1.08 bits per heavy atom. The largest absolute Gasteiger partial charge is 0.197 e. The third-order valence-electron chi connectivity index (χ3n) is 2.04. The molecular formula is C12H11Ti-. The molecule has 0 heterocycles. The summed E-state index contributed by atoms with van der Waals surface area (Å²) in [6, 6.07) is 0. The van der Waals surface area contributed by atoms with Crippen molar-refractivity contribution in [3.05, 3.63) is 59.8 Å². The monoisotopic (exact) mass is 203 g/mol. The van der Waals surface area contributed by atoms with E-state index in [1.807, 2.05) is 0 Å². The van der Waals surface area contributed by atoms with Gasteiger partial charge >= 0.3 is 0 Å². The molecule has 0 bridgehead atoms. The first-order valence-electron chi connectivity index (χ1n) is 4.27. The first-order chi connectivity index (χ1) is 5.97. The Labute approximate surface area is 94.3 Å². The fourth-order valence-corrected chi connectivity index (χ4v) is 1.39. The molecule has 0 saturated carbocycles. The molecule has 0 N–H and O–H groups in total. The Kier molecular flexibility index (Phi) is 4.21. The minimum Gasteiger partial charge on any atom is -0.197 e. The van der Waals surface area contributed by atoms with Crippen molar-refractivity contribution in [2.45, 2.75) is 12.8 Å². The van der Waals surface area contributed by atoms with E-state index in [4.69, 9.17) is 0 Å². The van der Waals surface area contributed by atoms with E-state index in [1.165, 1.54) is 11.1 Å².